The molecule has 0 unspecified atom stereocenters. The van der Waals surface area contributed by atoms with Crippen LogP contribution in [0.25, 0.3) is 0 Å². The molecule has 14 heteroatoms. The number of carbonyl (C=O) groups excluding carboxylic acids is 3. The van der Waals surface area contributed by atoms with E-state index in [4.69, 9.17) is 27.9 Å². The van der Waals surface area contributed by atoms with E-state index in [1.54, 1.807) is 54.3 Å². The Kier molecular flexibility index (Phi) is 9.96. The van der Waals surface area contributed by atoms with Gasteiger partial charge in [0.2, 0.25) is 15.9 Å². The Hall–Kier alpha value is -3.03. The zero-order valence-corrected chi connectivity index (χ0v) is 27.2. The number of hydrogen-bond acceptors (Lipinski definition) is 8. The highest BCUT2D eigenvalue weighted by Gasteiger charge is 2.49. The summed E-state index contributed by atoms with van der Waals surface area (Å²) in [4.78, 5) is 46.9. The van der Waals surface area contributed by atoms with Gasteiger partial charge in [-0.15, -0.1) is 11.3 Å². The van der Waals surface area contributed by atoms with Gasteiger partial charge in [-0.05, 0) is 49.1 Å². The van der Waals surface area contributed by atoms with Gasteiger partial charge >= 0.3 is 5.97 Å². The van der Waals surface area contributed by atoms with Crippen molar-refractivity contribution >= 4 is 62.3 Å². The van der Waals surface area contributed by atoms with Crippen molar-refractivity contribution in [2.45, 2.75) is 63.2 Å². The van der Waals surface area contributed by atoms with E-state index in [0.717, 1.165) is 30.4 Å². The van der Waals surface area contributed by atoms with Gasteiger partial charge in [0.05, 0.1) is 37.6 Å². The van der Waals surface area contributed by atoms with Crippen LogP contribution in [0.4, 0.5) is 0 Å². The Morgan fingerprint density at radius 3 is 2.59 bits per heavy atom. The highest BCUT2D eigenvalue weighted by Crippen LogP contribution is 2.48. The van der Waals surface area contributed by atoms with E-state index < -0.39 is 40.0 Å². The number of ether oxygens (including phenoxy) is 1. The molecule has 1 fully saturated rings. The first-order chi connectivity index (χ1) is 21.0. The number of rotatable bonds is 9. The first-order valence-electron chi connectivity index (χ1n) is 14.2. The average molecular weight is 680 g/mol. The van der Waals surface area contributed by atoms with Gasteiger partial charge < -0.3 is 15.0 Å². The summed E-state index contributed by atoms with van der Waals surface area (Å²) in [5.41, 5.74) is 1.40. The molecule has 2 aromatic carbocycles. The molecule has 0 saturated heterocycles. The van der Waals surface area contributed by atoms with Crippen molar-refractivity contribution in [2.24, 2.45) is 0 Å². The predicted octanol–water partition coefficient (Wildman–Crippen LogP) is 5.08. The molecule has 2 aliphatic rings. The zero-order chi connectivity index (χ0) is 31.6. The summed E-state index contributed by atoms with van der Waals surface area (Å²) in [6.07, 6.45) is 5.15. The second kappa shape index (κ2) is 13.5. The molecule has 2 N–H and O–H groups in total. The molecule has 0 bridgehead atoms. The number of benzene rings is 2. The minimum Gasteiger partial charge on any atom is -0.462 e. The highest BCUT2D eigenvalue weighted by molar-refractivity contribution is 7.88. The van der Waals surface area contributed by atoms with Gasteiger partial charge in [-0.25, -0.2) is 22.9 Å². The Balaban J connectivity index is 1.58. The molecule has 1 aromatic heterocycles. The van der Waals surface area contributed by atoms with Crippen molar-refractivity contribution in [1.82, 2.24) is 19.9 Å². The Labute approximate surface area is 270 Å². The molecule has 1 aliphatic heterocycles. The van der Waals surface area contributed by atoms with Crippen molar-refractivity contribution in [3.63, 3.8) is 0 Å². The smallest absolute Gasteiger partial charge is 0.349 e. The number of amides is 2. The van der Waals surface area contributed by atoms with E-state index in [9.17, 15) is 22.8 Å². The van der Waals surface area contributed by atoms with Gasteiger partial charge in [-0.1, -0.05) is 60.3 Å². The molecule has 2 heterocycles. The fourth-order valence-electron chi connectivity index (χ4n) is 6.09. The lowest BCUT2D eigenvalue weighted by Crippen LogP contribution is -2.59. The molecule has 0 radical (unpaired) electrons. The number of nitrogens with one attached hydrogen (secondary N) is 2. The van der Waals surface area contributed by atoms with Gasteiger partial charge in [-0.3, -0.25) is 9.59 Å². The largest absolute Gasteiger partial charge is 0.462 e. The third-order valence-corrected chi connectivity index (χ3v) is 10.1. The number of fused-ring (bicyclic) bond motifs is 1. The Morgan fingerprint density at radius 1 is 1.11 bits per heavy atom. The summed E-state index contributed by atoms with van der Waals surface area (Å²) < 4.78 is 32.5. The van der Waals surface area contributed by atoms with Crippen molar-refractivity contribution in [1.29, 1.82) is 0 Å². The van der Waals surface area contributed by atoms with E-state index in [1.807, 2.05) is 0 Å². The minimum atomic E-state index is -3.60. The number of esters is 1. The number of nitrogens with zero attached hydrogens (tertiary/aromatic N) is 2. The zero-order valence-electron chi connectivity index (χ0n) is 24.1. The molecule has 5 rings (SSSR count). The summed E-state index contributed by atoms with van der Waals surface area (Å²) in [6.45, 7) is 1.99. The monoisotopic (exact) mass is 678 g/mol. The van der Waals surface area contributed by atoms with E-state index in [2.05, 4.69) is 15.0 Å². The van der Waals surface area contributed by atoms with Crippen LogP contribution in [0.1, 0.15) is 80.7 Å². The van der Waals surface area contributed by atoms with Crippen LogP contribution in [0.5, 0.6) is 0 Å². The molecule has 3 aromatic rings. The molecule has 2 amide bonds. The Bertz CT molecular complexity index is 1680. The fraction of sp³-hybridized carbons (Fsp3) is 0.400. The maximum absolute atomic E-state index is 14.4. The van der Waals surface area contributed by atoms with Gasteiger partial charge in [0.15, 0.2) is 0 Å². The molecule has 1 aliphatic carbocycles. The first kappa shape index (κ1) is 32.4. The number of carbonyl (C=O) groups is 3. The van der Waals surface area contributed by atoms with Crippen LogP contribution in [-0.2, 0) is 26.1 Å². The summed E-state index contributed by atoms with van der Waals surface area (Å²) in [6, 6.07) is 9.89. The van der Waals surface area contributed by atoms with Crippen molar-refractivity contribution < 1.29 is 27.5 Å². The molecular formula is C30H32Cl2N4O6S2. The fourth-order valence-corrected chi connectivity index (χ4v) is 8.19. The quantitative estimate of drug-likeness (QED) is 0.301. The van der Waals surface area contributed by atoms with Gasteiger partial charge in [0.25, 0.3) is 5.91 Å². The van der Waals surface area contributed by atoms with Crippen LogP contribution in [0.15, 0.2) is 48.7 Å². The topological polar surface area (TPSA) is 135 Å². The molecule has 4 atom stereocenters. The van der Waals surface area contributed by atoms with Crippen molar-refractivity contribution in [2.75, 3.05) is 12.9 Å². The first-order valence-corrected chi connectivity index (χ1v) is 17.7. The van der Waals surface area contributed by atoms with E-state index in [1.165, 1.54) is 6.20 Å². The van der Waals surface area contributed by atoms with Crippen LogP contribution in [0.3, 0.4) is 0 Å². The highest BCUT2D eigenvalue weighted by atomic mass is 35.5. The third kappa shape index (κ3) is 6.94. The van der Waals surface area contributed by atoms with Crippen LogP contribution in [0.2, 0.25) is 10.0 Å². The SMILES string of the molecule is CCOC(=O)c1cnc(CNC(=O)[C@@H]2c3ccccc3C(=O)N([C@H]3CCCC[C@@H]3NS(C)(=O)=O)[C@H]2c2ccc(Cl)cc2Cl)s1. The van der Waals surface area contributed by atoms with E-state index in [0.29, 0.717) is 44.4 Å². The molecule has 44 heavy (non-hydrogen) atoms. The van der Waals surface area contributed by atoms with Crippen LogP contribution in [-0.4, -0.2) is 61.0 Å². The summed E-state index contributed by atoms with van der Waals surface area (Å²) >= 11 is 14.1. The lowest BCUT2D eigenvalue weighted by Gasteiger charge is -2.49. The number of thiazole rings is 1. The number of sulfonamides is 1. The van der Waals surface area contributed by atoms with E-state index in [-0.39, 0.29) is 30.0 Å². The maximum Gasteiger partial charge on any atom is 0.349 e. The summed E-state index contributed by atoms with van der Waals surface area (Å²) in [5.74, 6) is -2.10. The number of hydrogen-bond donors (Lipinski definition) is 2. The van der Waals surface area contributed by atoms with Crippen molar-refractivity contribution in [3.05, 3.63) is 85.3 Å². The lowest BCUT2D eigenvalue weighted by atomic mass is 9.76. The normalized spacial score (nSPS) is 21.9. The molecular weight excluding hydrogens is 647 g/mol. The summed E-state index contributed by atoms with van der Waals surface area (Å²) in [7, 11) is -3.60. The minimum absolute atomic E-state index is 0.0400. The van der Waals surface area contributed by atoms with E-state index >= 15 is 0 Å². The van der Waals surface area contributed by atoms with Gasteiger partial charge in [0, 0.05) is 27.7 Å². The predicted molar refractivity (Wildman–Crippen MR) is 168 cm³/mol. The second-order valence-corrected chi connectivity index (χ2v) is 14.5. The average Bonchev–Trinajstić information content (AvgIpc) is 3.45. The number of aromatic nitrogens is 1. The molecule has 0 spiro atoms. The number of halogens is 2. The van der Waals surface area contributed by atoms with Gasteiger partial charge in [-0.2, -0.15) is 0 Å². The van der Waals surface area contributed by atoms with Crippen LogP contribution < -0.4 is 10.0 Å². The van der Waals surface area contributed by atoms with Crippen LogP contribution in [0, 0.1) is 0 Å². The van der Waals surface area contributed by atoms with Crippen LogP contribution >= 0.6 is 34.5 Å². The van der Waals surface area contributed by atoms with Gasteiger partial charge in [0.1, 0.15) is 9.88 Å². The molecule has 10 nitrogen and oxygen atoms in total. The molecule has 1 saturated carbocycles. The Morgan fingerprint density at radius 2 is 1.86 bits per heavy atom. The second-order valence-electron chi connectivity index (χ2n) is 10.8. The lowest BCUT2D eigenvalue weighted by molar-refractivity contribution is -0.124. The molecule has 234 valence electrons. The van der Waals surface area contributed by atoms with Crippen molar-refractivity contribution in [3.8, 4) is 0 Å². The third-order valence-electron chi connectivity index (χ3n) is 7.84. The summed E-state index contributed by atoms with van der Waals surface area (Å²) in [5, 5.41) is 4.12. The standard InChI is InChI=1S/C30H32Cl2N4O6S2/c1-3-42-30(39)24-15-33-25(43-24)16-34-28(37)26-18-8-4-5-9-19(18)29(38)36(27(26)20-13-12-17(31)14-21(20)32)23-11-7-6-10-22(23)35-44(2,40)41/h4-5,8-9,12-15,22-23,26-27,35H,3,6-7,10-11,16H2,1-2H3,(H,34,37)/t22-,23-,26+,27-/m0/s1. The maximum atomic E-state index is 14.4.